The molecule has 0 aliphatic heterocycles. The number of carbonyl (C=O) groups is 1. The number of hydrogen-bond acceptors (Lipinski definition) is 5. The third-order valence-corrected chi connectivity index (χ3v) is 3.16. The highest BCUT2D eigenvalue weighted by molar-refractivity contribution is 8.13. The summed E-state index contributed by atoms with van der Waals surface area (Å²) in [5.74, 6) is 0. The molecule has 0 aliphatic rings. The Morgan fingerprint density at radius 2 is 1.88 bits per heavy atom. The van der Waals surface area contributed by atoms with E-state index in [0.717, 1.165) is 18.2 Å². The molecule has 0 radical (unpaired) electrons. The normalized spacial score (nSPS) is 11.1. The van der Waals surface area contributed by atoms with Crippen LogP contribution in [0.2, 0.25) is 0 Å². The molecule has 0 bridgehead atoms. The van der Waals surface area contributed by atoms with E-state index in [1.807, 2.05) is 0 Å². The van der Waals surface area contributed by atoms with Gasteiger partial charge >= 0.3 is 0 Å². The number of rotatable bonds is 3. The van der Waals surface area contributed by atoms with E-state index >= 15 is 0 Å². The second kappa shape index (κ2) is 4.36. The van der Waals surface area contributed by atoms with Gasteiger partial charge in [0.15, 0.2) is 0 Å². The standard InChI is InChI=1S/C7H3Cl2NO5S/c8-7(11)4-1-5(10(12)13)3-6(2-4)16(9,14)15/h1-3H. The molecule has 0 aliphatic carbocycles. The fourth-order valence-electron chi connectivity index (χ4n) is 0.943. The summed E-state index contributed by atoms with van der Waals surface area (Å²) in [4.78, 5) is 19.9. The molecule has 0 saturated carbocycles. The van der Waals surface area contributed by atoms with Crippen molar-refractivity contribution in [3.63, 3.8) is 0 Å². The molecule has 86 valence electrons. The van der Waals surface area contributed by atoms with Gasteiger partial charge in [0.05, 0.1) is 9.82 Å². The highest BCUT2D eigenvalue weighted by Gasteiger charge is 2.19. The Bertz CT molecular complexity index is 536. The number of nitro benzene ring substituents is 1. The Morgan fingerprint density at radius 3 is 2.25 bits per heavy atom. The van der Waals surface area contributed by atoms with Crippen LogP contribution in [0.4, 0.5) is 5.69 Å². The quantitative estimate of drug-likeness (QED) is 0.480. The summed E-state index contributed by atoms with van der Waals surface area (Å²) < 4.78 is 21.9. The number of nitrogens with zero attached hydrogens (tertiary/aromatic N) is 1. The Balaban J connectivity index is 3.54. The minimum Gasteiger partial charge on any atom is -0.276 e. The van der Waals surface area contributed by atoms with Crippen LogP contribution < -0.4 is 0 Å². The van der Waals surface area contributed by atoms with Gasteiger partial charge in [0, 0.05) is 28.4 Å². The van der Waals surface area contributed by atoms with Crippen molar-refractivity contribution in [2.24, 2.45) is 0 Å². The first-order valence-corrected chi connectivity index (χ1v) is 6.34. The van der Waals surface area contributed by atoms with E-state index in [-0.39, 0.29) is 5.56 Å². The van der Waals surface area contributed by atoms with E-state index in [1.165, 1.54) is 0 Å². The van der Waals surface area contributed by atoms with Gasteiger partial charge in [-0.2, -0.15) is 0 Å². The smallest absolute Gasteiger partial charge is 0.271 e. The first-order chi connectivity index (χ1) is 7.21. The zero-order chi connectivity index (χ0) is 12.5. The zero-order valence-electron chi connectivity index (χ0n) is 7.38. The van der Waals surface area contributed by atoms with Crippen LogP contribution in [0.1, 0.15) is 10.4 Å². The maximum Gasteiger partial charge on any atom is 0.271 e. The third-order valence-electron chi connectivity index (χ3n) is 1.61. The summed E-state index contributed by atoms with van der Waals surface area (Å²) in [7, 11) is 0.849. The van der Waals surface area contributed by atoms with Crippen LogP contribution in [-0.4, -0.2) is 18.6 Å². The van der Waals surface area contributed by atoms with E-state index in [9.17, 15) is 23.3 Å². The van der Waals surface area contributed by atoms with Gasteiger partial charge in [-0.05, 0) is 17.7 Å². The molecule has 0 N–H and O–H groups in total. The maximum atomic E-state index is 11.0. The molecule has 1 aromatic rings. The third kappa shape index (κ3) is 2.91. The highest BCUT2D eigenvalue weighted by Crippen LogP contribution is 2.24. The summed E-state index contributed by atoms with van der Waals surface area (Å²) in [6.45, 7) is 0. The van der Waals surface area contributed by atoms with Gasteiger partial charge in [0.1, 0.15) is 0 Å². The Kier molecular flexibility index (Phi) is 3.51. The average Bonchev–Trinajstić information content (AvgIpc) is 2.15. The molecule has 1 aromatic carbocycles. The molecular formula is C7H3Cl2NO5S. The number of halogens is 2. The van der Waals surface area contributed by atoms with E-state index in [0.29, 0.717) is 0 Å². The van der Waals surface area contributed by atoms with Gasteiger partial charge in [-0.15, -0.1) is 0 Å². The van der Waals surface area contributed by atoms with Crippen molar-refractivity contribution in [1.29, 1.82) is 0 Å². The van der Waals surface area contributed by atoms with Crippen LogP contribution in [0.5, 0.6) is 0 Å². The van der Waals surface area contributed by atoms with Gasteiger partial charge in [-0.25, -0.2) is 8.42 Å². The monoisotopic (exact) mass is 283 g/mol. The second-order valence-electron chi connectivity index (χ2n) is 2.68. The molecule has 0 spiro atoms. The minimum absolute atomic E-state index is 0.310. The zero-order valence-corrected chi connectivity index (χ0v) is 9.71. The van der Waals surface area contributed by atoms with Gasteiger partial charge in [0.25, 0.3) is 20.0 Å². The van der Waals surface area contributed by atoms with Crippen molar-refractivity contribution in [3.8, 4) is 0 Å². The van der Waals surface area contributed by atoms with E-state index in [4.69, 9.17) is 22.3 Å². The molecule has 6 nitrogen and oxygen atoms in total. The molecule has 1 rings (SSSR count). The first kappa shape index (κ1) is 12.9. The average molecular weight is 284 g/mol. The lowest BCUT2D eigenvalue weighted by atomic mass is 10.2. The molecule has 16 heavy (non-hydrogen) atoms. The second-order valence-corrected chi connectivity index (χ2v) is 5.59. The molecular weight excluding hydrogens is 281 g/mol. The number of nitro groups is 1. The maximum absolute atomic E-state index is 11.0. The largest absolute Gasteiger partial charge is 0.276 e. The van der Waals surface area contributed by atoms with Crippen LogP contribution in [0.25, 0.3) is 0 Å². The van der Waals surface area contributed by atoms with Crippen molar-refractivity contribution in [3.05, 3.63) is 33.9 Å². The molecule has 0 fully saturated rings. The summed E-state index contributed by atoms with van der Waals surface area (Å²) in [6.07, 6.45) is 0. The van der Waals surface area contributed by atoms with E-state index in [1.54, 1.807) is 0 Å². The number of benzene rings is 1. The molecule has 0 aromatic heterocycles. The summed E-state index contributed by atoms with van der Waals surface area (Å²) in [5.41, 5.74) is -0.888. The predicted octanol–water partition coefficient (Wildman–Crippen LogP) is 1.90. The van der Waals surface area contributed by atoms with Crippen LogP contribution in [0, 0.1) is 10.1 Å². The minimum atomic E-state index is -4.16. The first-order valence-electron chi connectivity index (χ1n) is 3.66. The molecule has 0 saturated heterocycles. The van der Waals surface area contributed by atoms with Crippen molar-refractivity contribution in [1.82, 2.24) is 0 Å². The van der Waals surface area contributed by atoms with Gasteiger partial charge in [-0.3, -0.25) is 14.9 Å². The van der Waals surface area contributed by atoms with Crippen molar-refractivity contribution < 1.29 is 18.1 Å². The van der Waals surface area contributed by atoms with Crippen LogP contribution >= 0.6 is 22.3 Å². The lowest BCUT2D eigenvalue weighted by molar-refractivity contribution is -0.385. The van der Waals surface area contributed by atoms with Gasteiger partial charge < -0.3 is 0 Å². The highest BCUT2D eigenvalue weighted by atomic mass is 35.7. The number of hydrogen-bond donors (Lipinski definition) is 0. The Morgan fingerprint density at radius 1 is 1.31 bits per heavy atom. The fraction of sp³-hybridized carbons (Fsp3) is 0. The molecule has 9 heteroatoms. The van der Waals surface area contributed by atoms with Crippen LogP contribution in [0.15, 0.2) is 23.1 Å². The SMILES string of the molecule is O=C(Cl)c1cc([N+](=O)[O-])cc(S(=O)(=O)Cl)c1. The predicted molar refractivity (Wildman–Crippen MR) is 56.3 cm³/mol. The van der Waals surface area contributed by atoms with Gasteiger partial charge in [-0.1, -0.05) is 0 Å². The topological polar surface area (TPSA) is 94.3 Å². The lowest BCUT2D eigenvalue weighted by Crippen LogP contribution is -1.99. The number of carbonyl (C=O) groups excluding carboxylic acids is 1. The molecule has 0 heterocycles. The fourth-order valence-corrected chi connectivity index (χ4v) is 1.85. The summed E-state index contributed by atoms with van der Waals surface area (Å²) in [6, 6.07) is 2.47. The molecule has 0 amide bonds. The molecule has 0 unspecified atom stereocenters. The van der Waals surface area contributed by atoms with Crippen molar-refractivity contribution in [2.75, 3.05) is 0 Å². The van der Waals surface area contributed by atoms with Crippen LogP contribution in [0.3, 0.4) is 0 Å². The van der Waals surface area contributed by atoms with E-state index < -0.39 is 29.8 Å². The number of non-ortho nitro benzene ring substituents is 1. The Hall–Kier alpha value is -1.18. The summed E-state index contributed by atoms with van der Waals surface area (Å²) in [5, 5.41) is 9.46. The van der Waals surface area contributed by atoms with Crippen molar-refractivity contribution in [2.45, 2.75) is 4.90 Å². The van der Waals surface area contributed by atoms with Crippen molar-refractivity contribution >= 4 is 42.3 Å². The van der Waals surface area contributed by atoms with Gasteiger partial charge in [0.2, 0.25) is 0 Å². The van der Waals surface area contributed by atoms with E-state index in [2.05, 4.69) is 0 Å². The van der Waals surface area contributed by atoms with Crippen LogP contribution in [-0.2, 0) is 9.05 Å². The summed E-state index contributed by atoms with van der Waals surface area (Å²) >= 11 is 5.10. The lowest BCUT2D eigenvalue weighted by Gasteiger charge is -1.99. The Labute approximate surface area is 99.3 Å². The molecule has 0 atom stereocenters.